The fraction of sp³-hybridized carbons (Fsp3) is 0.333. The van der Waals surface area contributed by atoms with Gasteiger partial charge in [-0.2, -0.15) is 0 Å². The lowest BCUT2D eigenvalue weighted by molar-refractivity contribution is -0.134. The van der Waals surface area contributed by atoms with Gasteiger partial charge in [0.2, 0.25) is 5.91 Å². The van der Waals surface area contributed by atoms with Crippen molar-refractivity contribution in [3.63, 3.8) is 0 Å². The fourth-order valence-electron chi connectivity index (χ4n) is 1.24. The fourth-order valence-corrected chi connectivity index (χ4v) is 1.47. The highest BCUT2D eigenvalue weighted by Crippen LogP contribution is 2.21. The Balaban J connectivity index is 2.48. The van der Waals surface area contributed by atoms with E-state index in [0.717, 1.165) is 5.56 Å². The Labute approximate surface area is 105 Å². The Morgan fingerprint density at radius 2 is 2.12 bits per heavy atom. The first-order chi connectivity index (χ1) is 7.99. The number of ether oxygens (including phenoxy) is 1. The summed E-state index contributed by atoms with van der Waals surface area (Å²) in [7, 11) is 0. The number of hydrogen-bond acceptors (Lipinski definition) is 3. The molecule has 0 aliphatic heterocycles. The molecule has 17 heavy (non-hydrogen) atoms. The molecule has 1 amide bonds. The van der Waals surface area contributed by atoms with Gasteiger partial charge in [-0.05, 0) is 30.7 Å². The molecule has 1 rings (SSSR count). The Hall–Kier alpha value is -1.55. The van der Waals surface area contributed by atoms with Crippen molar-refractivity contribution < 1.29 is 14.3 Å². The Bertz CT molecular complexity index is 432. The third-order valence-corrected chi connectivity index (χ3v) is 2.30. The van der Waals surface area contributed by atoms with E-state index in [0.29, 0.717) is 10.8 Å². The standard InChI is InChI=1S/C12H14ClNO3/c1-8-7-10(13)3-4-11(8)17-12(16)5-6-14-9(2)15/h3-4,7H,5-6H2,1-2H3,(H,14,15). The van der Waals surface area contributed by atoms with Gasteiger partial charge in [0.1, 0.15) is 5.75 Å². The molecule has 0 aliphatic rings. The number of rotatable bonds is 4. The summed E-state index contributed by atoms with van der Waals surface area (Å²) < 4.78 is 5.13. The van der Waals surface area contributed by atoms with Crippen molar-refractivity contribution in [2.45, 2.75) is 20.3 Å². The molecule has 1 aromatic carbocycles. The van der Waals surface area contributed by atoms with Gasteiger partial charge in [0.05, 0.1) is 6.42 Å². The van der Waals surface area contributed by atoms with Crippen LogP contribution in [0.3, 0.4) is 0 Å². The van der Waals surface area contributed by atoms with E-state index < -0.39 is 0 Å². The van der Waals surface area contributed by atoms with Gasteiger partial charge >= 0.3 is 5.97 Å². The number of hydrogen-bond donors (Lipinski definition) is 1. The van der Waals surface area contributed by atoms with Gasteiger partial charge < -0.3 is 10.1 Å². The number of aryl methyl sites for hydroxylation is 1. The zero-order valence-electron chi connectivity index (χ0n) is 9.75. The van der Waals surface area contributed by atoms with E-state index in [-0.39, 0.29) is 24.8 Å². The average Bonchev–Trinajstić information content (AvgIpc) is 2.21. The van der Waals surface area contributed by atoms with Crippen LogP contribution >= 0.6 is 11.6 Å². The lowest BCUT2D eigenvalue weighted by Gasteiger charge is -2.07. The molecule has 0 atom stereocenters. The van der Waals surface area contributed by atoms with E-state index in [1.165, 1.54) is 6.92 Å². The molecule has 0 aromatic heterocycles. The van der Waals surface area contributed by atoms with Gasteiger partial charge in [-0.3, -0.25) is 9.59 Å². The third-order valence-electron chi connectivity index (χ3n) is 2.06. The van der Waals surface area contributed by atoms with Crippen LogP contribution in [0.25, 0.3) is 0 Å². The summed E-state index contributed by atoms with van der Waals surface area (Å²) in [5.74, 6) is -0.0631. The Morgan fingerprint density at radius 3 is 2.71 bits per heavy atom. The van der Waals surface area contributed by atoms with E-state index in [9.17, 15) is 9.59 Å². The molecule has 0 saturated carbocycles. The lowest BCUT2D eigenvalue weighted by atomic mass is 10.2. The highest BCUT2D eigenvalue weighted by atomic mass is 35.5. The molecular weight excluding hydrogens is 242 g/mol. The van der Waals surface area contributed by atoms with Crippen molar-refractivity contribution in [3.8, 4) is 5.75 Å². The van der Waals surface area contributed by atoms with Gasteiger partial charge in [0.15, 0.2) is 0 Å². The van der Waals surface area contributed by atoms with Crippen LogP contribution in [0.4, 0.5) is 0 Å². The van der Waals surface area contributed by atoms with Crippen LogP contribution in [0.5, 0.6) is 5.75 Å². The summed E-state index contributed by atoms with van der Waals surface area (Å²) in [5.41, 5.74) is 0.797. The topological polar surface area (TPSA) is 55.4 Å². The summed E-state index contributed by atoms with van der Waals surface area (Å²) in [6.07, 6.45) is 0.141. The average molecular weight is 256 g/mol. The molecule has 0 saturated heterocycles. The minimum Gasteiger partial charge on any atom is -0.426 e. The van der Waals surface area contributed by atoms with Crippen LogP contribution in [0.1, 0.15) is 18.9 Å². The number of halogens is 1. The SMILES string of the molecule is CC(=O)NCCC(=O)Oc1ccc(Cl)cc1C. The van der Waals surface area contributed by atoms with Gasteiger partial charge in [0.25, 0.3) is 0 Å². The van der Waals surface area contributed by atoms with Gasteiger partial charge in [-0.15, -0.1) is 0 Å². The summed E-state index contributed by atoms with van der Waals surface area (Å²) in [4.78, 5) is 22.0. The van der Waals surface area contributed by atoms with Gasteiger partial charge in [0, 0.05) is 18.5 Å². The molecule has 1 aromatic rings. The van der Waals surface area contributed by atoms with Crippen molar-refractivity contribution in [3.05, 3.63) is 28.8 Å². The second-order valence-electron chi connectivity index (χ2n) is 3.62. The summed E-state index contributed by atoms with van der Waals surface area (Å²) >= 11 is 5.78. The maximum absolute atomic E-state index is 11.4. The zero-order valence-corrected chi connectivity index (χ0v) is 10.5. The molecule has 92 valence electrons. The minimum atomic E-state index is -0.385. The molecule has 1 N–H and O–H groups in total. The van der Waals surface area contributed by atoms with E-state index >= 15 is 0 Å². The summed E-state index contributed by atoms with van der Waals surface area (Å²) in [5, 5.41) is 3.12. The summed E-state index contributed by atoms with van der Waals surface area (Å²) in [6, 6.07) is 5.02. The third kappa shape index (κ3) is 4.87. The van der Waals surface area contributed by atoms with Crippen LogP contribution in [-0.4, -0.2) is 18.4 Å². The van der Waals surface area contributed by atoms with Crippen LogP contribution in [0.15, 0.2) is 18.2 Å². The maximum Gasteiger partial charge on any atom is 0.312 e. The highest BCUT2D eigenvalue weighted by Gasteiger charge is 2.07. The number of nitrogens with one attached hydrogen (secondary N) is 1. The molecule has 0 radical (unpaired) electrons. The van der Waals surface area contributed by atoms with Gasteiger partial charge in [-0.25, -0.2) is 0 Å². The van der Waals surface area contributed by atoms with E-state index in [1.54, 1.807) is 18.2 Å². The van der Waals surface area contributed by atoms with Crippen LogP contribution in [0, 0.1) is 6.92 Å². The Kier molecular flexibility index (Phi) is 4.97. The van der Waals surface area contributed by atoms with E-state index in [1.807, 2.05) is 6.92 Å². The number of carbonyl (C=O) groups is 2. The largest absolute Gasteiger partial charge is 0.426 e. The predicted molar refractivity (Wildman–Crippen MR) is 65.1 cm³/mol. The quantitative estimate of drug-likeness (QED) is 0.662. The van der Waals surface area contributed by atoms with Crippen LogP contribution in [0.2, 0.25) is 5.02 Å². The van der Waals surface area contributed by atoms with Gasteiger partial charge in [-0.1, -0.05) is 11.6 Å². The molecule has 0 fully saturated rings. The molecule has 5 heteroatoms. The highest BCUT2D eigenvalue weighted by molar-refractivity contribution is 6.30. The van der Waals surface area contributed by atoms with E-state index in [2.05, 4.69) is 5.32 Å². The maximum atomic E-state index is 11.4. The number of amides is 1. The molecule has 0 heterocycles. The van der Waals surface area contributed by atoms with Crippen molar-refractivity contribution in [2.24, 2.45) is 0 Å². The second kappa shape index (κ2) is 6.25. The first kappa shape index (κ1) is 13.5. The molecule has 0 bridgehead atoms. The molecule has 0 unspecified atom stereocenters. The number of carbonyl (C=O) groups excluding carboxylic acids is 2. The molecule has 0 spiro atoms. The molecule has 4 nitrogen and oxygen atoms in total. The zero-order chi connectivity index (χ0) is 12.8. The van der Waals surface area contributed by atoms with E-state index in [4.69, 9.17) is 16.3 Å². The van der Waals surface area contributed by atoms with Crippen molar-refractivity contribution in [1.29, 1.82) is 0 Å². The smallest absolute Gasteiger partial charge is 0.312 e. The number of esters is 1. The first-order valence-electron chi connectivity index (χ1n) is 5.20. The molecule has 0 aliphatic carbocycles. The van der Waals surface area contributed by atoms with Crippen LogP contribution < -0.4 is 10.1 Å². The van der Waals surface area contributed by atoms with Crippen molar-refractivity contribution >= 4 is 23.5 Å². The predicted octanol–water partition coefficient (Wildman–Crippen LogP) is 2.08. The summed E-state index contributed by atoms with van der Waals surface area (Å²) in [6.45, 7) is 3.48. The second-order valence-corrected chi connectivity index (χ2v) is 4.05. The minimum absolute atomic E-state index is 0.141. The first-order valence-corrected chi connectivity index (χ1v) is 5.58. The number of benzene rings is 1. The molecular formula is C12H14ClNO3. The Morgan fingerprint density at radius 1 is 1.41 bits per heavy atom. The lowest BCUT2D eigenvalue weighted by Crippen LogP contribution is -2.24. The monoisotopic (exact) mass is 255 g/mol. The van der Waals surface area contributed by atoms with Crippen molar-refractivity contribution in [2.75, 3.05) is 6.54 Å². The van der Waals surface area contributed by atoms with Crippen LogP contribution in [-0.2, 0) is 9.59 Å². The normalized spacial score (nSPS) is 9.82. The van der Waals surface area contributed by atoms with Crippen molar-refractivity contribution in [1.82, 2.24) is 5.32 Å².